The minimum absolute atomic E-state index is 0.0578. The maximum Gasteiger partial charge on any atom is 0.334 e. The Morgan fingerprint density at radius 1 is 1.10 bits per heavy atom. The lowest BCUT2D eigenvalue weighted by molar-refractivity contribution is -0.135. The molecule has 1 heterocycles. The quantitative estimate of drug-likeness (QED) is 0.652. The Morgan fingerprint density at radius 2 is 1.67 bits per heavy atom. The predicted octanol–water partition coefficient (Wildman–Crippen LogP) is 1.46. The van der Waals surface area contributed by atoms with Crippen LogP contribution >= 0.6 is 0 Å². The first-order valence-electron chi connectivity index (χ1n) is 9.52. The van der Waals surface area contributed by atoms with Gasteiger partial charge in [0.25, 0.3) is 11.5 Å². The second-order valence-electron chi connectivity index (χ2n) is 8.36. The molecule has 0 saturated carbocycles. The third-order valence-corrected chi connectivity index (χ3v) is 4.65. The zero-order chi connectivity index (χ0) is 22.8. The van der Waals surface area contributed by atoms with E-state index in [4.69, 9.17) is 5.11 Å². The van der Waals surface area contributed by atoms with E-state index in [1.807, 2.05) is 24.3 Å². The van der Waals surface area contributed by atoms with Gasteiger partial charge in [-0.15, -0.1) is 0 Å². The molecule has 0 saturated heterocycles. The van der Waals surface area contributed by atoms with Crippen LogP contribution in [0.2, 0.25) is 0 Å². The predicted molar refractivity (Wildman–Crippen MR) is 111 cm³/mol. The molecule has 0 spiro atoms. The first-order chi connectivity index (χ1) is 13.8. The number of amides is 1. The largest absolute Gasteiger partial charge is 0.494 e. The molecule has 0 radical (unpaired) electrons. The zero-order valence-electron chi connectivity index (χ0n) is 17.7. The molecule has 9 nitrogen and oxygen atoms in total. The number of aliphatic carboxylic acids is 1. The van der Waals surface area contributed by atoms with Gasteiger partial charge in [-0.2, -0.15) is 0 Å². The Labute approximate surface area is 173 Å². The molecule has 30 heavy (non-hydrogen) atoms. The molecular formula is C21H27N3O6. The van der Waals surface area contributed by atoms with Gasteiger partial charge in [0.05, 0.1) is 6.54 Å². The molecule has 0 fully saturated rings. The van der Waals surface area contributed by atoms with Crippen molar-refractivity contribution in [3.8, 4) is 5.88 Å². The summed E-state index contributed by atoms with van der Waals surface area (Å²) in [6, 6.07) is 6.86. The minimum Gasteiger partial charge on any atom is -0.494 e. The van der Waals surface area contributed by atoms with Crippen LogP contribution < -0.4 is 16.6 Å². The summed E-state index contributed by atoms with van der Waals surface area (Å²) in [5.74, 6) is -3.17. The molecule has 162 valence electrons. The van der Waals surface area contributed by atoms with Crippen LogP contribution in [-0.2, 0) is 16.8 Å². The Hall–Kier alpha value is -3.36. The number of hydrogen-bond acceptors (Lipinski definition) is 5. The molecule has 2 aromatic rings. The smallest absolute Gasteiger partial charge is 0.334 e. The normalized spacial score (nSPS) is 11.5. The summed E-state index contributed by atoms with van der Waals surface area (Å²) in [5.41, 5.74) is -0.694. The van der Waals surface area contributed by atoms with Crippen LogP contribution in [0.4, 0.5) is 0 Å². The molecule has 9 heteroatoms. The van der Waals surface area contributed by atoms with Gasteiger partial charge in [0.2, 0.25) is 5.88 Å². The number of aromatic nitrogens is 2. The second-order valence-corrected chi connectivity index (χ2v) is 8.36. The minimum atomic E-state index is -1.31. The van der Waals surface area contributed by atoms with Crippen molar-refractivity contribution < 1.29 is 19.8 Å². The van der Waals surface area contributed by atoms with E-state index in [0.717, 1.165) is 14.7 Å². The van der Waals surface area contributed by atoms with Crippen molar-refractivity contribution in [2.24, 2.45) is 0 Å². The number of rotatable bonds is 6. The van der Waals surface area contributed by atoms with E-state index < -0.39 is 47.2 Å². The molecule has 1 aromatic carbocycles. The van der Waals surface area contributed by atoms with Crippen molar-refractivity contribution in [1.82, 2.24) is 14.5 Å². The first kappa shape index (κ1) is 22.9. The standard InChI is InChI=1S/C21H27N3O6/c1-12(2)24-19(29)16(17(27)22-10-15(25)26)18(28)23(20(24)30)11-13-6-8-14(9-7-13)21(3,4)5/h6-9,12,28H,10-11H2,1-5H3,(H,22,27)(H,25,26). The second kappa shape index (κ2) is 8.56. The number of carboxylic acid groups (broad SMARTS) is 1. The van der Waals surface area contributed by atoms with Crippen molar-refractivity contribution in [3.05, 3.63) is 61.8 Å². The lowest BCUT2D eigenvalue weighted by Crippen LogP contribution is -2.45. The molecule has 0 bridgehead atoms. The van der Waals surface area contributed by atoms with Gasteiger partial charge in [-0.05, 0) is 30.4 Å². The van der Waals surface area contributed by atoms with Crippen molar-refractivity contribution in [3.63, 3.8) is 0 Å². The van der Waals surface area contributed by atoms with Crippen molar-refractivity contribution >= 4 is 11.9 Å². The maximum atomic E-state index is 12.9. The van der Waals surface area contributed by atoms with Crippen LogP contribution in [0.25, 0.3) is 0 Å². The fourth-order valence-electron chi connectivity index (χ4n) is 2.99. The molecule has 0 aliphatic carbocycles. The molecule has 0 unspecified atom stereocenters. The van der Waals surface area contributed by atoms with Crippen molar-refractivity contribution in [1.29, 1.82) is 0 Å². The topological polar surface area (TPSA) is 131 Å². The Balaban J connectivity index is 2.59. The number of carboxylic acids is 1. The van der Waals surface area contributed by atoms with Crippen LogP contribution in [0.15, 0.2) is 33.9 Å². The summed E-state index contributed by atoms with van der Waals surface area (Å²) < 4.78 is 1.79. The van der Waals surface area contributed by atoms with E-state index in [-0.39, 0.29) is 12.0 Å². The highest BCUT2D eigenvalue weighted by molar-refractivity contribution is 5.97. The molecule has 0 aliphatic rings. The first-order valence-corrected chi connectivity index (χ1v) is 9.52. The lowest BCUT2D eigenvalue weighted by atomic mass is 9.87. The van der Waals surface area contributed by atoms with E-state index in [1.54, 1.807) is 13.8 Å². The lowest BCUT2D eigenvalue weighted by Gasteiger charge is -2.20. The molecule has 1 amide bonds. The number of carbonyl (C=O) groups is 2. The molecule has 1 aromatic heterocycles. The average Bonchev–Trinajstić information content (AvgIpc) is 2.63. The van der Waals surface area contributed by atoms with Gasteiger partial charge < -0.3 is 15.5 Å². The third kappa shape index (κ3) is 4.79. The Kier molecular flexibility index (Phi) is 6.54. The van der Waals surface area contributed by atoms with Crippen LogP contribution in [0.3, 0.4) is 0 Å². The monoisotopic (exact) mass is 417 g/mol. The number of carbonyl (C=O) groups excluding carboxylic acids is 1. The summed E-state index contributed by atoms with van der Waals surface area (Å²) in [7, 11) is 0. The van der Waals surface area contributed by atoms with Crippen molar-refractivity contribution in [2.75, 3.05) is 6.54 Å². The van der Waals surface area contributed by atoms with E-state index in [9.17, 15) is 24.3 Å². The number of aromatic hydroxyl groups is 1. The van der Waals surface area contributed by atoms with Gasteiger partial charge in [0.1, 0.15) is 6.54 Å². The molecule has 2 rings (SSSR count). The summed E-state index contributed by atoms with van der Waals surface area (Å²) in [5, 5.41) is 21.4. The van der Waals surface area contributed by atoms with Crippen molar-refractivity contribution in [2.45, 2.75) is 52.6 Å². The van der Waals surface area contributed by atoms with Gasteiger partial charge in [-0.25, -0.2) is 4.79 Å². The van der Waals surface area contributed by atoms with E-state index in [0.29, 0.717) is 5.56 Å². The zero-order valence-corrected chi connectivity index (χ0v) is 17.7. The average molecular weight is 417 g/mol. The van der Waals surface area contributed by atoms with Gasteiger partial charge in [-0.3, -0.25) is 23.5 Å². The maximum absolute atomic E-state index is 12.9. The summed E-state index contributed by atoms with van der Waals surface area (Å²) in [6.45, 7) is 8.60. The highest BCUT2D eigenvalue weighted by Crippen LogP contribution is 2.23. The fraction of sp³-hybridized carbons (Fsp3) is 0.429. The number of benzene rings is 1. The summed E-state index contributed by atoms with van der Waals surface area (Å²) in [6.07, 6.45) is 0. The molecule has 0 atom stereocenters. The number of nitrogens with zero attached hydrogens (tertiary/aromatic N) is 2. The molecule has 3 N–H and O–H groups in total. The number of nitrogens with one attached hydrogen (secondary N) is 1. The van der Waals surface area contributed by atoms with E-state index in [1.165, 1.54) is 0 Å². The Morgan fingerprint density at radius 3 is 2.13 bits per heavy atom. The van der Waals surface area contributed by atoms with E-state index in [2.05, 4.69) is 26.1 Å². The van der Waals surface area contributed by atoms with Gasteiger partial charge in [0, 0.05) is 6.04 Å². The van der Waals surface area contributed by atoms with Crippen LogP contribution in [-0.4, -0.2) is 37.8 Å². The van der Waals surface area contributed by atoms with E-state index >= 15 is 0 Å². The fourth-order valence-corrected chi connectivity index (χ4v) is 2.99. The molecular weight excluding hydrogens is 390 g/mol. The highest BCUT2D eigenvalue weighted by Gasteiger charge is 2.25. The Bertz CT molecular complexity index is 1070. The summed E-state index contributed by atoms with van der Waals surface area (Å²) in [4.78, 5) is 48.6. The van der Waals surface area contributed by atoms with Crippen LogP contribution in [0.1, 0.15) is 62.1 Å². The SMILES string of the molecule is CC(C)n1c(=O)c(C(=O)NCC(=O)O)c(O)n(Cc2ccc(C(C)(C)C)cc2)c1=O. The molecule has 0 aliphatic heterocycles. The van der Waals surface area contributed by atoms with Gasteiger partial charge in [-0.1, -0.05) is 45.0 Å². The highest BCUT2D eigenvalue weighted by atomic mass is 16.4. The van der Waals surface area contributed by atoms with Crippen LogP contribution in [0, 0.1) is 0 Å². The third-order valence-electron chi connectivity index (χ3n) is 4.65. The van der Waals surface area contributed by atoms with Gasteiger partial charge in [0.15, 0.2) is 5.56 Å². The van der Waals surface area contributed by atoms with Gasteiger partial charge >= 0.3 is 11.7 Å². The summed E-state index contributed by atoms with van der Waals surface area (Å²) >= 11 is 0. The van der Waals surface area contributed by atoms with Crippen LogP contribution in [0.5, 0.6) is 5.88 Å². The number of hydrogen-bond donors (Lipinski definition) is 3.